The number of amides is 3. The molecule has 0 saturated carbocycles. The average molecular weight is 491 g/mol. The molecule has 3 aliphatic heterocycles. The van der Waals surface area contributed by atoms with Gasteiger partial charge in [0.2, 0.25) is 0 Å². The number of rotatable bonds is 5. The van der Waals surface area contributed by atoms with Crippen molar-refractivity contribution in [2.75, 3.05) is 26.2 Å². The number of aliphatic hydroxyl groups is 1. The van der Waals surface area contributed by atoms with Gasteiger partial charge < -0.3 is 20.1 Å². The van der Waals surface area contributed by atoms with Crippen LogP contribution < -0.4 is 0 Å². The molecule has 2 saturated heterocycles. The van der Waals surface area contributed by atoms with Crippen molar-refractivity contribution < 1.29 is 19.8 Å². The number of urea groups is 1. The Labute approximate surface area is 210 Å². The number of aromatic amines is 1. The minimum absolute atomic E-state index is 0.161. The highest BCUT2D eigenvalue weighted by molar-refractivity contribution is 6.08. The molecule has 0 bridgehead atoms. The molecule has 3 amide bonds. The number of imide groups is 1. The summed E-state index contributed by atoms with van der Waals surface area (Å²) in [5.74, 6) is -0.00830. The van der Waals surface area contributed by atoms with Crippen molar-refractivity contribution in [2.24, 2.45) is 0 Å². The van der Waals surface area contributed by atoms with Gasteiger partial charge in [-0.25, -0.2) is 4.79 Å². The number of aromatic hydroxyl groups is 1. The number of nitrogens with one attached hydrogen (secondary N) is 1. The second-order valence-electron chi connectivity index (χ2n) is 10.8. The van der Waals surface area contributed by atoms with E-state index in [0.717, 1.165) is 53.8 Å². The summed E-state index contributed by atoms with van der Waals surface area (Å²) in [6.07, 6.45) is 10.4. The number of aromatic nitrogens is 1. The number of piperidine rings is 1. The summed E-state index contributed by atoms with van der Waals surface area (Å²) in [5.41, 5.74) is 2.39. The predicted molar refractivity (Wildman–Crippen MR) is 137 cm³/mol. The first-order chi connectivity index (χ1) is 17.4. The van der Waals surface area contributed by atoms with Crippen LogP contribution in [-0.4, -0.2) is 79.7 Å². The van der Waals surface area contributed by atoms with E-state index in [0.29, 0.717) is 19.4 Å². The Bertz CT molecular complexity index is 1270. The summed E-state index contributed by atoms with van der Waals surface area (Å²) in [6, 6.07) is 4.38. The Morgan fingerprint density at radius 3 is 2.72 bits per heavy atom. The molecule has 1 aromatic heterocycles. The number of H-pyrrole nitrogens is 1. The zero-order chi connectivity index (χ0) is 25.0. The molecule has 2 unspecified atom stereocenters. The highest BCUT2D eigenvalue weighted by Crippen LogP contribution is 2.49. The van der Waals surface area contributed by atoms with Crippen molar-refractivity contribution in [1.82, 2.24) is 19.7 Å². The molecule has 36 heavy (non-hydrogen) atoms. The summed E-state index contributed by atoms with van der Waals surface area (Å²) in [6.45, 7) is 5.33. The third-order valence-corrected chi connectivity index (χ3v) is 8.34. The predicted octanol–water partition coefficient (Wildman–Crippen LogP) is 3.62. The number of hydrogen-bond acceptors (Lipinski definition) is 5. The molecule has 2 fully saturated rings. The fraction of sp³-hybridized carbons (Fsp3) is 0.500. The van der Waals surface area contributed by atoms with Crippen LogP contribution in [0.15, 0.2) is 42.0 Å². The fourth-order valence-electron chi connectivity index (χ4n) is 6.55. The lowest BCUT2D eigenvalue weighted by atomic mass is 9.80. The maximum absolute atomic E-state index is 13.9. The van der Waals surface area contributed by atoms with Gasteiger partial charge in [0.15, 0.2) is 0 Å². The third-order valence-electron chi connectivity index (χ3n) is 8.34. The van der Waals surface area contributed by atoms with Crippen LogP contribution in [0.5, 0.6) is 5.75 Å². The van der Waals surface area contributed by atoms with Gasteiger partial charge in [-0.15, -0.1) is 0 Å². The Kier molecular flexibility index (Phi) is 5.68. The normalized spacial score (nSPS) is 28.6. The van der Waals surface area contributed by atoms with Crippen molar-refractivity contribution in [3.63, 3.8) is 0 Å². The smallest absolute Gasteiger partial charge is 0.328 e. The lowest BCUT2D eigenvalue weighted by Crippen LogP contribution is -2.53. The van der Waals surface area contributed by atoms with Crippen molar-refractivity contribution in [1.29, 1.82) is 0 Å². The number of aliphatic hydroxyl groups excluding tert-OH is 1. The molecule has 0 spiro atoms. The molecule has 8 heteroatoms. The van der Waals surface area contributed by atoms with Crippen LogP contribution in [0.2, 0.25) is 0 Å². The number of phenolic OH excluding ortho intramolecular Hbond substituents is 1. The lowest BCUT2D eigenvalue weighted by Gasteiger charge is -2.43. The van der Waals surface area contributed by atoms with E-state index in [4.69, 9.17) is 0 Å². The molecule has 3 N–H and O–H groups in total. The summed E-state index contributed by atoms with van der Waals surface area (Å²) in [7, 11) is 0. The Morgan fingerprint density at radius 2 is 1.94 bits per heavy atom. The second-order valence-corrected chi connectivity index (χ2v) is 10.8. The van der Waals surface area contributed by atoms with Gasteiger partial charge in [0, 0.05) is 29.6 Å². The van der Waals surface area contributed by atoms with Gasteiger partial charge in [0.05, 0.1) is 6.10 Å². The quantitative estimate of drug-likeness (QED) is 0.556. The van der Waals surface area contributed by atoms with Gasteiger partial charge in [-0.05, 0) is 81.6 Å². The molecule has 0 radical (unpaired) electrons. The van der Waals surface area contributed by atoms with Gasteiger partial charge in [-0.1, -0.05) is 24.6 Å². The summed E-state index contributed by atoms with van der Waals surface area (Å²) >= 11 is 0. The highest BCUT2D eigenvalue weighted by atomic mass is 16.3. The van der Waals surface area contributed by atoms with Gasteiger partial charge in [-0.2, -0.15) is 0 Å². The average Bonchev–Trinajstić information content (AvgIpc) is 3.30. The highest BCUT2D eigenvalue weighted by Gasteiger charge is 2.60. The molecule has 2 aromatic rings. The SMILES string of the molecule is CC12Cc3c([nH]c4ccc(O)cc34)[C@@H](C3=CC(O)CC=C3)N1C(=O)N(CCCN1CCCCC1)C2=O. The van der Waals surface area contributed by atoms with Crippen molar-refractivity contribution in [3.05, 3.63) is 53.3 Å². The summed E-state index contributed by atoms with van der Waals surface area (Å²) < 4.78 is 0. The lowest BCUT2D eigenvalue weighted by molar-refractivity contribution is -0.133. The topological polar surface area (TPSA) is 100 Å². The number of nitrogens with zero attached hydrogens (tertiary/aromatic N) is 3. The summed E-state index contributed by atoms with van der Waals surface area (Å²) in [5, 5.41) is 21.4. The van der Waals surface area contributed by atoms with Crippen LogP contribution in [-0.2, 0) is 11.2 Å². The number of fused-ring (bicyclic) bond motifs is 4. The van der Waals surface area contributed by atoms with E-state index in [1.165, 1.54) is 24.2 Å². The molecule has 8 nitrogen and oxygen atoms in total. The number of phenols is 1. The standard InChI is InChI=1S/C28H34N4O4/c1-28-17-22-21-16-20(34)9-10-23(21)29-24(22)25(18-7-5-8-19(33)15-18)32(28)27(36)31(26(28)35)14-6-13-30-11-3-2-4-12-30/h5,7,9-10,15-16,19,25,29,33-34H,2-4,6,8,11-14,17H2,1H3/t19?,25-,28?/m1/s1. The van der Waals surface area contributed by atoms with Crippen LogP contribution in [0, 0.1) is 0 Å². The summed E-state index contributed by atoms with van der Waals surface area (Å²) in [4.78, 5) is 36.8. The fourth-order valence-corrected chi connectivity index (χ4v) is 6.55. The molecular formula is C28H34N4O4. The molecule has 1 aromatic carbocycles. The van der Waals surface area contributed by atoms with Gasteiger partial charge >= 0.3 is 6.03 Å². The van der Waals surface area contributed by atoms with E-state index in [2.05, 4.69) is 9.88 Å². The maximum Gasteiger partial charge on any atom is 0.328 e. The van der Waals surface area contributed by atoms with E-state index in [9.17, 15) is 19.8 Å². The first-order valence-electron chi connectivity index (χ1n) is 13.1. The second kappa shape index (κ2) is 8.78. The molecule has 3 atom stereocenters. The molecule has 190 valence electrons. The van der Waals surface area contributed by atoms with E-state index in [1.807, 2.05) is 25.1 Å². The Morgan fingerprint density at radius 1 is 1.14 bits per heavy atom. The van der Waals surface area contributed by atoms with Crippen molar-refractivity contribution in [2.45, 2.75) is 63.1 Å². The first kappa shape index (κ1) is 23.3. The van der Waals surface area contributed by atoms with Gasteiger partial charge in [0.25, 0.3) is 5.91 Å². The largest absolute Gasteiger partial charge is 0.508 e. The number of carbonyl (C=O) groups is 2. The van der Waals surface area contributed by atoms with E-state index >= 15 is 0 Å². The van der Waals surface area contributed by atoms with Crippen molar-refractivity contribution >= 4 is 22.8 Å². The van der Waals surface area contributed by atoms with Gasteiger partial charge in [0.1, 0.15) is 17.3 Å². The molecule has 4 heterocycles. The monoisotopic (exact) mass is 490 g/mol. The van der Waals surface area contributed by atoms with E-state index < -0.39 is 17.7 Å². The van der Waals surface area contributed by atoms with E-state index in [-0.39, 0.29) is 17.7 Å². The minimum atomic E-state index is -1.04. The number of hydrogen-bond donors (Lipinski definition) is 3. The Balaban J connectivity index is 1.37. The Hall–Kier alpha value is -3.10. The van der Waals surface area contributed by atoms with Crippen LogP contribution in [0.4, 0.5) is 4.79 Å². The third kappa shape index (κ3) is 3.66. The van der Waals surface area contributed by atoms with Crippen LogP contribution in [0.1, 0.15) is 56.3 Å². The zero-order valence-corrected chi connectivity index (χ0v) is 20.7. The molecule has 1 aliphatic carbocycles. The van der Waals surface area contributed by atoms with Crippen molar-refractivity contribution in [3.8, 4) is 5.75 Å². The minimum Gasteiger partial charge on any atom is -0.508 e. The molecular weight excluding hydrogens is 456 g/mol. The van der Waals surface area contributed by atoms with Gasteiger partial charge in [-0.3, -0.25) is 14.6 Å². The zero-order valence-electron chi connectivity index (χ0n) is 20.7. The number of likely N-dealkylation sites (tertiary alicyclic amines) is 1. The molecule has 6 rings (SSSR count). The first-order valence-corrected chi connectivity index (χ1v) is 13.1. The van der Waals surface area contributed by atoms with Crippen LogP contribution in [0.25, 0.3) is 10.9 Å². The van der Waals surface area contributed by atoms with Crippen LogP contribution >= 0.6 is 0 Å². The maximum atomic E-state index is 13.9. The number of carbonyl (C=O) groups excluding carboxylic acids is 2. The van der Waals surface area contributed by atoms with E-state index in [1.54, 1.807) is 23.1 Å². The number of benzene rings is 1. The van der Waals surface area contributed by atoms with Crippen LogP contribution in [0.3, 0.4) is 0 Å². The molecule has 4 aliphatic rings.